The minimum absolute atomic E-state index is 0.296. The fraction of sp³-hybridized carbons (Fsp3) is 1.00. The van der Waals surface area contributed by atoms with E-state index in [1.165, 1.54) is 19.3 Å². The van der Waals surface area contributed by atoms with E-state index in [4.69, 9.17) is 4.74 Å². The van der Waals surface area contributed by atoms with Crippen LogP contribution in [-0.2, 0) is 4.74 Å². The molecule has 3 fully saturated rings. The van der Waals surface area contributed by atoms with Crippen molar-refractivity contribution in [3.8, 4) is 0 Å². The molecule has 3 aliphatic carbocycles. The fourth-order valence-corrected chi connectivity index (χ4v) is 2.52. The van der Waals surface area contributed by atoms with Gasteiger partial charge in [-0.3, -0.25) is 0 Å². The van der Waals surface area contributed by atoms with Gasteiger partial charge in [-0.1, -0.05) is 13.8 Å². The van der Waals surface area contributed by atoms with E-state index < -0.39 is 0 Å². The van der Waals surface area contributed by atoms with Crippen LogP contribution < -0.4 is 5.32 Å². The third kappa shape index (κ3) is 1.09. The zero-order valence-electron chi connectivity index (χ0n) is 8.31. The average molecular weight is 169 g/mol. The molecule has 3 rings (SSSR count). The van der Waals surface area contributed by atoms with Crippen molar-refractivity contribution in [3.05, 3.63) is 0 Å². The Morgan fingerprint density at radius 1 is 1.33 bits per heavy atom. The molecule has 12 heavy (non-hydrogen) atoms. The van der Waals surface area contributed by atoms with Crippen LogP contribution in [0.3, 0.4) is 0 Å². The zero-order chi connectivity index (χ0) is 8.82. The van der Waals surface area contributed by atoms with Crippen LogP contribution in [0.25, 0.3) is 0 Å². The van der Waals surface area contributed by atoms with Gasteiger partial charge in [-0.15, -0.1) is 0 Å². The van der Waals surface area contributed by atoms with Crippen molar-refractivity contribution in [2.45, 2.75) is 44.2 Å². The molecule has 2 heteroatoms. The van der Waals surface area contributed by atoms with Crippen molar-refractivity contribution in [3.63, 3.8) is 0 Å². The zero-order valence-corrected chi connectivity index (χ0v) is 8.31. The maximum absolute atomic E-state index is 5.43. The Hall–Kier alpha value is -0.0800. The van der Waals surface area contributed by atoms with Gasteiger partial charge in [0.2, 0.25) is 0 Å². The van der Waals surface area contributed by atoms with Crippen LogP contribution in [0.1, 0.15) is 33.1 Å². The van der Waals surface area contributed by atoms with Gasteiger partial charge in [0.15, 0.2) is 0 Å². The predicted molar refractivity (Wildman–Crippen MR) is 49.2 cm³/mol. The molecule has 0 unspecified atom stereocenters. The minimum Gasteiger partial charge on any atom is -0.378 e. The molecule has 0 aromatic carbocycles. The lowest BCUT2D eigenvalue weighted by molar-refractivity contribution is -0.238. The highest BCUT2D eigenvalue weighted by Crippen LogP contribution is 2.62. The highest BCUT2D eigenvalue weighted by atomic mass is 16.5. The van der Waals surface area contributed by atoms with Gasteiger partial charge in [0.25, 0.3) is 0 Å². The molecule has 2 bridgehead atoms. The molecule has 0 spiro atoms. The molecule has 0 heterocycles. The van der Waals surface area contributed by atoms with Crippen molar-refractivity contribution in [1.82, 2.24) is 5.32 Å². The second-order valence-electron chi connectivity index (χ2n) is 4.97. The van der Waals surface area contributed by atoms with E-state index >= 15 is 0 Å². The lowest BCUT2D eigenvalue weighted by Crippen LogP contribution is -2.78. The van der Waals surface area contributed by atoms with Crippen molar-refractivity contribution in [2.24, 2.45) is 5.92 Å². The summed E-state index contributed by atoms with van der Waals surface area (Å²) in [4.78, 5) is 0. The summed E-state index contributed by atoms with van der Waals surface area (Å²) in [5, 5.41) is 3.64. The van der Waals surface area contributed by atoms with Crippen LogP contribution in [0.5, 0.6) is 0 Å². The second kappa shape index (κ2) is 2.46. The molecule has 0 aromatic rings. The molecule has 0 aromatic heterocycles. The van der Waals surface area contributed by atoms with Crippen molar-refractivity contribution in [2.75, 3.05) is 13.7 Å². The third-order valence-electron chi connectivity index (χ3n) is 3.30. The molecular formula is C10H19NO. The van der Waals surface area contributed by atoms with E-state index in [9.17, 15) is 0 Å². The first-order chi connectivity index (χ1) is 5.60. The number of nitrogens with one attached hydrogen (secondary N) is 1. The lowest BCUT2D eigenvalue weighted by Gasteiger charge is -2.69. The summed E-state index contributed by atoms with van der Waals surface area (Å²) >= 11 is 0. The van der Waals surface area contributed by atoms with E-state index in [0.717, 1.165) is 12.5 Å². The van der Waals surface area contributed by atoms with Crippen molar-refractivity contribution < 1.29 is 4.74 Å². The van der Waals surface area contributed by atoms with Crippen LogP contribution in [0.15, 0.2) is 0 Å². The summed E-state index contributed by atoms with van der Waals surface area (Å²) in [5.74, 6) is 0.762. The van der Waals surface area contributed by atoms with E-state index in [1.54, 1.807) is 0 Å². The quantitative estimate of drug-likeness (QED) is 0.689. The van der Waals surface area contributed by atoms with Gasteiger partial charge in [-0.2, -0.15) is 0 Å². The lowest BCUT2D eigenvalue weighted by atomic mass is 9.46. The van der Waals surface area contributed by atoms with Crippen molar-refractivity contribution >= 4 is 0 Å². The fourth-order valence-electron chi connectivity index (χ4n) is 2.52. The number of ether oxygens (including phenoxy) is 1. The number of rotatable bonds is 4. The average Bonchev–Trinajstić information content (AvgIpc) is 1.82. The molecule has 0 radical (unpaired) electrons. The van der Waals surface area contributed by atoms with Crippen LogP contribution in [0.2, 0.25) is 0 Å². The Balaban J connectivity index is 1.74. The second-order valence-corrected chi connectivity index (χ2v) is 4.97. The molecule has 70 valence electrons. The minimum atomic E-state index is 0.296. The Labute approximate surface area is 74.7 Å². The summed E-state index contributed by atoms with van der Waals surface area (Å²) in [7, 11) is 1.84. The summed E-state index contributed by atoms with van der Waals surface area (Å²) in [6.07, 6.45) is 3.72. The standard InChI is InChI=1S/C10H19NO/c1-8(2)4-11-9-5-10(6-9,7-9)12-3/h8,11H,4-7H2,1-3H3. The van der Waals surface area contributed by atoms with E-state index in [0.29, 0.717) is 11.1 Å². The van der Waals surface area contributed by atoms with Crippen LogP contribution >= 0.6 is 0 Å². The van der Waals surface area contributed by atoms with Gasteiger partial charge in [0.05, 0.1) is 5.60 Å². The normalized spacial score (nSPS) is 44.0. The Morgan fingerprint density at radius 3 is 2.33 bits per heavy atom. The summed E-state index contributed by atoms with van der Waals surface area (Å²) in [6.45, 7) is 5.66. The highest BCUT2D eigenvalue weighted by Gasteiger charge is 2.68. The van der Waals surface area contributed by atoms with Gasteiger partial charge in [-0.05, 0) is 31.7 Å². The molecular weight excluding hydrogens is 150 g/mol. The molecule has 0 amide bonds. The predicted octanol–water partition coefficient (Wildman–Crippen LogP) is 1.55. The molecule has 3 saturated carbocycles. The van der Waals surface area contributed by atoms with Crippen molar-refractivity contribution in [1.29, 1.82) is 0 Å². The van der Waals surface area contributed by atoms with Gasteiger partial charge in [0, 0.05) is 12.6 Å². The largest absolute Gasteiger partial charge is 0.378 e. The van der Waals surface area contributed by atoms with Crippen LogP contribution in [0.4, 0.5) is 0 Å². The van der Waals surface area contributed by atoms with Crippen LogP contribution in [-0.4, -0.2) is 24.8 Å². The van der Waals surface area contributed by atoms with E-state index in [1.807, 2.05) is 7.11 Å². The topological polar surface area (TPSA) is 21.3 Å². The Morgan fingerprint density at radius 2 is 1.92 bits per heavy atom. The number of hydrogen-bond acceptors (Lipinski definition) is 2. The summed E-state index contributed by atoms with van der Waals surface area (Å²) < 4.78 is 5.43. The maximum atomic E-state index is 5.43. The molecule has 0 atom stereocenters. The molecule has 0 aliphatic heterocycles. The molecule has 0 saturated heterocycles. The van der Waals surface area contributed by atoms with Gasteiger partial charge in [0.1, 0.15) is 0 Å². The Kier molecular flexibility index (Phi) is 1.74. The highest BCUT2D eigenvalue weighted by molar-refractivity contribution is 5.25. The van der Waals surface area contributed by atoms with Gasteiger partial charge in [-0.25, -0.2) is 0 Å². The van der Waals surface area contributed by atoms with Crippen LogP contribution in [0, 0.1) is 5.92 Å². The Bertz CT molecular complexity index is 169. The summed E-state index contributed by atoms with van der Waals surface area (Å²) in [5.41, 5.74) is 0.782. The van der Waals surface area contributed by atoms with Gasteiger partial charge >= 0.3 is 0 Å². The maximum Gasteiger partial charge on any atom is 0.0731 e. The summed E-state index contributed by atoms with van der Waals surface area (Å²) in [6, 6.07) is 0. The first-order valence-corrected chi connectivity index (χ1v) is 4.90. The SMILES string of the molecule is COC12CC(NCC(C)C)(C1)C2. The first kappa shape index (κ1) is 8.52. The third-order valence-corrected chi connectivity index (χ3v) is 3.30. The van der Waals surface area contributed by atoms with E-state index in [-0.39, 0.29) is 0 Å². The number of methoxy groups -OCH3 is 1. The van der Waals surface area contributed by atoms with Gasteiger partial charge < -0.3 is 10.1 Å². The van der Waals surface area contributed by atoms with E-state index in [2.05, 4.69) is 19.2 Å². The first-order valence-electron chi connectivity index (χ1n) is 4.90. The number of hydrogen-bond donors (Lipinski definition) is 1. The molecule has 1 N–H and O–H groups in total. The monoisotopic (exact) mass is 169 g/mol. The molecule has 3 aliphatic rings. The smallest absolute Gasteiger partial charge is 0.0731 e. The molecule has 2 nitrogen and oxygen atoms in total.